The average molecular weight is 1030 g/mol. The summed E-state index contributed by atoms with van der Waals surface area (Å²) in [5.41, 5.74) is 7.20. The Kier molecular flexibility index (Phi) is 14.8. The molecule has 6 aromatic rings. The molecular formula is C48H56F2N14O6S2. The second-order valence-electron chi connectivity index (χ2n) is 19.1. The predicted molar refractivity (Wildman–Crippen MR) is 262 cm³/mol. The van der Waals surface area contributed by atoms with E-state index in [-0.39, 0.29) is 47.8 Å². The number of phenols is 1. The summed E-state index contributed by atoms with van der Waals surface area (Å²) >= 11 is 2.43. The van der Waals surface area contributed by atoms with Crippen LogP contribution in [0.2, 0.25) is 0 Å². The number of ether oxygens (including phenoxy) is 1. The van der Waals surface area contributed by atoms with Crippen molar-refractivity contribution in [2.75, 3.05) is 50.0 Å². The highest BCUT2D eigenvalue weighted by Crippen LogP contribution is 2.48. The number of rotatable bonds is 16. The van der Waals surface area contributed by atoms with Gasteiger partial charge in [-0.2, -0.15) is 10.2 Å². The fourth-order valence-electron chi connectivity index (χ4n) is 10.1. The number of likely N-dealkylation sites (tertiary alicyclic amines) is 1. The molecule has 7 heterocycles. The summed E-state index contributed by atoms with van der Waals surface area (Å²) in [6, 6.07) is 3.96. The lowest BCUT2D eigenvalue weighted by molar-refractivity contribution is -0.142. The average Bonchev–Trinajstić information content (AvgIpc) is 4.20. The molecule has 1 aliphatic carbocycles. The number of nitrogen functional groups attached to an aromatic ring is 1. The minimum absolute atomic E-state index is 0.0169. The molecule has 9 rings (SSSR count). The lowest BCUT2D eigenvalue weighted by Crippen LogP contribution is -2.49. The maximum absolute atomic E-state index is 14.5. The number of phenolic OH excluding ortho intramolecular Hbond substituents is 1. The third-order valence-electron chi connectivity index (χ3n) is 13.6. The van der Waals surface area contributed by atoms with E-state index >= 15 is 0 Å². The van der Waals surface area contributed by atoms with E-state index in [4.69, 9.17) is 25.0 Å². The minimum atomic E-state index is -0.986. The number of nitrogens with one attached hydrogen (secondary N) is 1. The molecule has 2 aliphatic heterocycles. The maximum atomic E-state index is 14.5. The molecule has 0 unspecified atom stereocenters. The first kappa shape index (κ1) is 50.3. The molecule has 5 N–H and O–H groups in total. The zero-order chi connectivity index (χ0) is 50.8. The van der Waals surface area contributed by atoms with Crippen LogP contribution in [0.4, 0.5) is 19.7 Å². The number of unbranched alkanes of at least 4 members (excludes halogenated alkanes) is 1. The quantitative estimate of drug-likeness (QED) is 0.0858. The number of β-amino-alcohol motifs (C(OH)–C–C–N with tert-alkyl or cyclic N) is 1. The number of carbonyl (C=O) groups excluding carboxylic acids is 2. The second-order valence-corrected chi connectivity index (χ2v) is 21.3. The van der Waals surface area contributed by atoms with E-state index in [0.717, 1.165) is 98.6 Å². The van der Waals surface area contributed by atoms with Crippen molar-refractivity contribution in [3.63, 3.8) is 0 Å². The third kappa shape index (κ3) is 10.3. The number of carbonyl (C=O) groups is 2. The molecular weight excluding hydrogens is 971 g/mol. The van der Waals surface area contributed by atoms with E-state index in [1.54, 1.807) is 18.5 Å². The van der Waals surface area contributed by atoms with Gasteiger partial charge in [0, 0.05) is 67.1 Å². The lowest BCUT2D eigenvalue weighted by Gasteiger charge is -2.30. The number of halogens is 2. The lowest BCUT2D eigenvalue weighted by atomic mass is 9.72. The summed E-state index contributed by atoms with van der Waals surface area (Å²) in [7, 11) is 0. The molecule has 0 bridgehead atoms. The zero-order valence-electron chi connectivity index (χ0n) is 40.3. The Labute approximate surface area is 421 Å². The highest BCUT2D eigenvalue weighted by atomic mass is 32.1. The van der Waals surface area contributed by atoms with Crippen LogP contribution in [0.1, 0.15) is 99.2 Å². The van der Waals surface area contributed by atoms with Crippen LogP contribution in [0.3, 0.4) is 0 Å². The molecule has 0 radical (unpaired) electrons. The molecule has 20 nitrogen and oxygen atoms in total. The summed E-state index contributed by atoms with van der Waals surface area (Å²) < 4.78 is 42.2. The van der Waals surface area contributed by atoms with Gasteiger partial charge in [0.05, 0.1) is 46.9 Å². The topological polar surface area (TPSA) is 264 Å². The fraction of sp³-hybridized carbons (Fsp3) is 0.500. The van der Waals surface area contributed by atoms with Gasteiger partial charge in [0.2, 0.25) is 29.5 Å². The number of amides is 2. The number of thiophene rings is 1. The molecule has 2 fully saturated rings. The Balaban J connectivity index is 0.747. The van der Waals surface area contributed by atoms with Crippen LogP contribution < -0.4 is 20.7 Å². The number of nitrogens with two attached hydrogens (primary N) is 1. The smallest absolute Gasteiger partial charge is 0.253 e. The van der Waals surface area contributed by atoms with Gasteiger partial charge in [-0.25, -0.2) is 28.4 Å². The van der Waals surface area contributed by atoms with Crippen molar-refractivity contribution in [1.82, 2.24) is 55.2 Å². The molecule has 1 aromatic carbocycles. The first-order chi connectivity index (χ1) is 34.6. The van der Waals surface area contributed by atoms with Crippen LogP contribution in [-0.2, 0) is 28.0 Å². The number of aromatic hydroxyl groups is 1. The van der Waals surface area contributed by atoms with Crippen molar-refractivity contribution in [3.8, 4) is 39.7 Å². The standard InChI is InChI=1S/C48H56F2N14O6S2/c1-26(2)41(45(68)63-24-29(66)19-34(63)44(67)55-22-38-54-21-36(71-38)39-31(49)17-28(65)18-32(39)50)64-25-37(58-60-64)69-16-6-5-13-61-14-8-15-62(27(3)23-61)47-53-12-10-33(56-47)43-57-46(70-59-43)48(4)11-7-9-35-40(48)30(20-51)42(52)72-35/h10,12,17-18,21,25-27,29,34,41,65-66H,5-9,11,13-16,19,22-24,52H2,1-4H3,(H,55,67)/t27-,29+,34-,41-,48-/m0/s1. The highest BCUT2D eigenvalue weighted by Gasteiger charge is 2.44. The number of nitrogens with zero attached hydrogens (tertiary/aromatic N) is 12. The summed E-state index contributed by atoms with van der Waals surface area (Å²) in [6.07, 6.45) is 8.72. The zero-order valence-corrected chi connectivity index (χ0v) is 41.9. The maximum Gasteiger partial charge on any atom is 0.253 e. The van der Waals surface area contributed by atoms with Crippen LogP contribution in [0.5, 0.6) is 11.6 Å². The van der Waals surface area contributed by atoms with Gasteiger partial charge in [0.25, 0.3) is 5.88 Å². The molecule has 2 saturated heterocycles. The Hall–Kier alpha value is -6.68. The van der Waals surface area contributed by atoms with Gasteiger partial charge in [-0.15, -0.1) is 22.7 Å². The van der Waals surface area contributed by atoms with Crippen molar-refractivity contribution in [3.05, 3.63) is 75.3 Å². The number of anilines is 2. The summed E-state index contributed by atoms with van der Waals surface area (Å²) in [5.74, 6) is -1.98. The van der Waals surface area contributed by atoms with Crippen LogP contribution >= 0.6 is 22.7 Å². The molecule has 5 aromatic heterocycles. The number of aryl methyl sites for hydroxylation is 1. The van der Waals surface area contributed by atoms with Gasteiger partial charge in [0.15, 0.2) is 0 Å². The van der Waals surface area contributed by atoms with Crippen molar-refractivity contribution in [1.29, 1.82) is 5.26 Å². The van der Waals surface area contributed by atoms with Crippen LogP contribution in [0.25, 0.3) is 22.0 Å². The van der Waals surface area contributed by atoms with E-state index in [1.165, 1.54) is 27.1 Å². The monoisotopic (exact) mass is 1030 g/mol. The van der Waals surface area contributed by atoms with E-state index < -0.39 is 52.8 Å². The Morgan fingerprint density at radius 2 is 1.93 bits per heavy atom. The van der Waals surface area contributed by atoms with Gasteiger partial charge >= 0.3 is 0 Å². The number of hydrogen-bond acceptors (Lipinski definition) is 19. The van der Waals surface area contributed by atoms with Gasteiger partial charge in [-0.3, -0.25) is 9.59 Å². The third-order valence-corrected chi connectivity index (χ3v) is 15.7. The Morgan fingerprint density at radius 1 is 1.12 bits per heavy atom. The van der Waals surface area contributed by atoms with Crippen LogP contribution in [0, 0.1) is 28.9 Å². The minimum Gasteiger partial charge on any atom is -0.508 e. The SMILES string of the molecule is CC(C)[C@@H](C(=O)N1C[C@H](O)C[C@H]1C(=O)NCc1ncc(-c2c(F)cc(O)cc2F)s1)n1cc(OCCCCN2CCCN(c3nccc(-c4noc([C@@]5(C)CCCc6sc(N)c(C#N)c65)n4)n3)[C@@H](C)C2)nn1. The van der Waals surface area contributed by atoms with Gasteiger partial charge < -0.3 is 45.2 Å². The van der Waals surface area contributed by atoms with Crippen molar-refractivity contribution in [2.45, 2.75) is 109 Å². The molecule has 380 valence electrons. The van der Waals surface area contributed by atoms with Gasteiger partial charge in [-0.1, -0.05) is 29.3 Å². The second kappa shape index (κ2) is 21.2. The van der Waals surface area contributed by atoms with Crippen LogP contribution in [0.15, 0.2) is 41.3 Å². The number of benzene rings is 1. The summed E-state index contributed by atoms with van der Waals surface area (Å²) in [5, 5.41) is 46.4. The number of thiazole rings is 1. The Bertz CT molecular complexity index is 2950. The van der Waals surface area contributed by atoms with E-state index in [2.05, 4.69) is 53.5 Å². The van der Waals surface area contributed by atoms with E-state index in [0.29, 0.717) is 45.5 Å². The van der Waals surface area contributed by atoms with Crippen molar-refractivity contribution in [2.24, 2.45) is 5.92 Å². The largest absolute Gasteiger partial charge is 0.508 e. The first-order valence-electron chi connectivity index (χ1n) is 24.0. The molecule has 2 amide bonds. The van der Waals surface area contributed by atoms with Crippen molar-refractivity contribution >= 4 is 45.4 Å². The van der Waals surface area contributed by atoms with E-state index in [1.807, 2.05) is 20.8 Å². The molecule has 72 heavy (non-hydrogen) atoms. The first-order valence-corrected chi connectivity index (χ1v) is 25.7. The number of hydrogen-bond donors (Lipinski definition) is 4. The summed E-state index contributed by atoms with van der Waals surface area (Å²) in [6.45, 7) is 11.5. The summed E-state index contributed by atoms with van der Waals surface area (Å²) in [4.78, 5) is 53.4. The number of nitriles is 1. The molecule has 3 aliphatic rings. The van der Waals surface area contributed by atoms with Gasteiger partial charge in [0.1, 0.15) is 51.2 Å². The van der Waals surface area contributed by atoms with Gasteiger partial charge in [-0.05, 0) is 77.4 Å². The molecule has 24 heteroatoms. The Morgan fingerprint density at radius 3 is 2.71 bits per heavy atom. The van der Waals surface area contributed by atoms with Crippen LogP contribution in [-0.4, -0.2) is 129 Å². The van der Waals surface area contributed by atoms with E-state index in [9.17, 15) is 33.8 Å². The predicted octanol–water partition coefficient (Wildman–Crippen LogP) is 5.62. The fourth-order valence-corrected chi connectivity index (χ4v) is 12.2. The molecule has 5 atom stereocenters. The molecule has 0 saturated carbocycles. The van der Waals surface area contributed by atoms with Crippen molar-refractivity contribution < 1.29 is 37.8 Å². The number of aromatic nitrogens is 8. The molecule has 0 spiro atoms. The number of aliphatic hydroxyl groups excluding tert-OH is 1. The number of fused-ring (bicyclic) bond motifs is 1. The number of aliphatic hydroxyl groups is 1. The highest BCUT2D eigenvalue weighted by molar-refractivity contribution is 7.16. The normalized spacial score (nSPS) is 20.8.